The van der Waals surface area contributed by atoms with Crippen molar-refractivity contribution in [3.63, 3.8) is 0 Å². The average molecular weight is 289 g/mol. The fraction of sp³-hybridized carbons (Fsp3) is 0.400. The standard InChI is InChI=1S/C10H13BrN2OS/c1-10(2,3)15(14)13-7-8-4-5-9(11)12-6-8/h4-7H,1-3H3/b13-7+/t15-/m0/s1. The molecule has 1 atom stereocenters. The number of rotatable bonds is 2. The summed E-state index contributed by atoms with van der Waals surface area (Å²) in [4.78, 5) is 4.05. The molecule has 0 N–H and O–H groups in total. The fourth-order valence-electron chi connectivity index (χ4n) is 0.730. The van der Waals surface area contributed by atoms with Gasteiger partial charge in [0, 0.05) is 18.0 Å². The lowest BCUT2D eigenvalue weighted by Gasteiger charge is -2.12. The Morgan fingerprint density at radius 1 is 1.47 bits per heavy atom. The van der Waals surface area contributed by atoms with Crippen molar-refractivity contribution in [3.05, 3.63) is 28.5 Å². The second-order valence-electron chi connectivity index (χ2n) is 4.01. The molecule has 1 rings (SSSR count). The van der Waals surface area contributed by atoms with Crippen LogP contribution in [0.1, 0.15) is 26.3 Å². The first-order valence-electron chi connectivity index (χ1n) is 4.47. The summed E-state index contributed by atoms with van der Waals surface area (Å²) >= 11 is 3.24. The zero-order valence-corrected chi connectivity index (χ0v) is 11.3. The van der Waals surface area contributed by atoms with Crippen LogP contribution >= 0.6 is 15.9 Å². The van der Waals surface area contributed by atoms with Crippen molar-refractivity contribution in [3.8, 4) is 0 Å². The van der Waals surface area contributed by atoms with Crippen LogP contribution in [0.4, 0.5) is 0 Å². The maximum absolute atomic E-state index is 11.6. The summed E-state index contributed by atoms with van der Waals surface area (Å²) in [5.74, 6) is 0. The van der Waals surface area contributed by atoms with E-state index < -0.39 is 11.0 Å². The molecule has 0 saturated heterocycles. The van der Waals surface area contributed by atoms with E-state index in [1.807, 2.05) is 32.9 Å². The second-order valence-corrected chi connectivity index (χ2v) is 6.76. The van der Waals surface area contributed by atoms with Crippen LogP contribution in [0.3, 0.4) is 0 Å². The molecule has 0 radical (unpaired) electrons. The molecule has 0 aliphatic rings. The molecule has 1 heterocycles. The SMILES string of the molecule is CC(C)(C)[S@](=O)/N=C/c1ccc(Br)nc1. The third kappa shape index (κ3) is 4.22. The van der Waals surface area contributed by atoms with Gasteiger partial charge in [-0.15, -0.1) is 0 Å². The van der Waals surface area contributed by atoms with Crippen LogP contribution < -0.4 is 0 Å². The van der Waals surface area contributed by atoms with Crippen molar-refractivity contribution in [2.24, 2.45) is 4.40 Å². The number of hydrogen-bond donors (Lipinski definition) is 0. The monoisotopic (exact) mass is 288 g/mol. The van der Waals surface area contributed by atoms with E-state index in [1.165, 1.54) is 0 Å². The lowest BCUT2D eigenvalue weighted by molar-refractivity contribution is 0.651. The van der Waals surface area contributed by atoms with Gasteiger partial charge in [-0.25, -0.2) is 9.19 Å². The van der Waals surface area contributed by atoms with E-state index in [1.54, 1.807) is 12.4 Å². The Kier molecular flexibility index (Phi) is 4.16. The van der Waals surface area contributed by atoms with Gasteiger partial charge < -0.3 is 0 Å². The Morgan fingerprint density at radius 3 is 2.60 bits per heavy atom. The zero-order chi connectivity index (χ0) is 11.5. The lowest BCUT2D eigenvalue weighted by Crippen LogP contribution is -2.19. The van der Waals surface area contributed by atoms with E-state index in [-0.39, 0.29) is 4.75 Å². The Labute approximate surface area is 101 Å². The maximum Gasteiger partial charge on any atom is 0.144 e. The fourth-order valence-corrected chi connectivity index (χ4v) is 1.50. The highest BCUT2D eigenvalue weighted by Crippen LogP contribution is 2.12. The summed E-state index contributed by atoms with van der Waals surface area (Å²) in [6.07, 6.45) is 3.26. The van der Waals surface area contributed by atoms with Gasteiger partial charge in [-0.05, 0) is 48.8 Å². The minimum atomic E-state index is -1.21. The van der Waals surface area contributed by atoms with Crippen molar-refractivity contribution in [1.29, 1.82) is 0 Å². The van der Waals surface area contributed by atoms with Crippen molar-refractivity contribution in [2.45, 2.75) is 25.5 Å². The predicted molar refractivity (Wildman–Crippen MR) is 67.4 cm³/mol. The zero-order valence-electron chi connectivity index (χ0n) is 8.90. The normalized spacial score (nSPS) is 14.4. The number of nitrogens with zero attached hydrogens (tertiary/aromatic N) is 2. The molecule has 5 heteroatoms. The van der Waals surface area contributed by atoms with Gasteiger partial charge in [-0.1, -0.05) is 0 Å². The number of aromatic nitrogens is 1. The van der Waals surface area contributed by atoms with Crippen LogP contribution in [-0.4, -0.2) is 20.2 Å². The first kappa shape index (κ1) is 12.5. The molecule has 1 aromatic heterocycles. The van der Waals surface area contributed by atoms with Gasteiger partial charge in [0.1, 0.15) is 15.6 Å². The highest BCUT2D eigenvalue weighted by molar-refractivity contribution is 9.10. The third-order valence-corrected chi connectivity index (χ3v) is 3.39. The van der Waals surface area contributed by atoms with E-state index >= 15 is 0 Å². The van der Waals surface area contributed by atoms with Crippen LogP contribution in [0.25, 0.3) is 0 Å². The topological polar surface area (TPSA) is 42.3 Å². The molecule has 3 nitrogen and oxygen atoms in total. The van der Waals surface area contributed by atoms with E-state index in [4.69, 9.17) is 0 Å². The van der Waals surface area contributed by atoms with Gasteiger partial charge in [0.05, 0.1) is 4.75 Å². The summed E-state index contributed by atoms with van der Waals surface area (Å²) in [5.41, 5.74) is 0.843. The molecular weight excluding hydrogens is 276 g/mol. The van der Waals surface area contributed by atoms with Gasteiger partial charge in [-0.3, -0.25) is 0 Å². The average Bonchev–Trinajstić information content (AvgIpc) is 2.15. The molecule has 0 unspecified atom stereocenters. The number of pyridine rings is 1. The van der Waals surface area contributed by atoms with Crippen LogP contribution in [0.5, 0.6) is 0 Å². The summed E-state index contributed by atoms with van der Waals surface area (Å²) in [6, 6.07) is 3.68. The summed E-state index contributed by atoms with van der Waals surface area (Å²) in [6.45, 7) is 5.67. The lowest BCUT2D eigenvalue weighted by atomic mass is 10.3. The van der Waals surface area contributed by atoms with Gasteiger partial charge in [0.25, 0.3) is 0 Å². The Morgan fingerprint density at radius 2 is 2.13 bits per heavy atom. The molecular formula is C10H13BrN2OS. The minimum Gasteiger partial charge on any atom is -0.249 e. The second kappa shape index (κ2) is 4.99. The molecule has 0 amide bonds. The Balaban J connectivity index is 2.74. The largest absolute Gasteiger partial charge is 0.249 e. The molecule has 0 aliphatic carbocycles. The minimum absolute atomic E-state index is 0.320. The Hall–Kier alpha value is -0.550. The smallest absolute Gasteiger partial charge is 0.144 e. The van der Waals surface area contributed by atoms with Gasteiger partial charge in [0.15, 0.2) is 0 Å². The Bertz CT molecular complexity index is 381. The maximum atomic E-state index is 11.6. The van der Waals surface area contributed by atoms with Gasteiger partial charge >= 0.3 is 0 Å². The molecule has 0 aliphatic heterocycles. The van der Waals surface area contributed by atoms with E-state index in [2.05, 4.69) is 25.3 Å². The van der Waals surface area contributed by atoms with Gasteiger partial charge in [-0.2, -0.15) is 4.40 Å². The molecule has 82 valence electrons. The summed E-state index contributed by atoms with van der Waals surface area (Å²) < 4.78 is 16.0. The third-order valence-electron chi connectivity index (χ3n) is 1.57. The molecule has 0 saturated carbocycles. The molecule has 0 bridgehead atoms. The van der Waals surface area contributed by atoms with Crippen LogP contribution in [0.15, 0.2) is 27.3 Å². The molecule has 0 fully saturated rings. The summed E-state index contributed by atoms with van der Waals surface area (Å²) in [5, 5.41) is 0. The van der Waals surface area contributed by atoms with E-state index in [9.17, 15) is 4.21 Å². The van der Waals surface area contributed by atoms with Crippen LogP contribution in [0, 0.1) is 0 Å². The van der Waals surface area contributed by atoms with Crippen molar-refractivity contribution in [1.82, 2.24) is 4.98 Å². The van der Waals surface area contributed by atoms with Crippen molar-refractivity contribution in [2.75, 3.05) is 0 Å². The summed E-state index contributed by atoms with van der Waals surface area (Å²) in [7, 11) is -1.21. The number of hydrogen-bond acceptors (Lipinski definition) is 2. The van der Waals surface area contributed by atoms with E-state index in [0.717, 1.165) is 10.2 Å². The quantitative estimate of drug-likeness (QED) is 0.620. The molecule has 0 aromatic carbocycles. The van der Waals surface area contributed by atoms with Gasteiger partial charge in [0.2, 0.25) is 0 Å². The predicted octanol–water partition coefficient (Wildman–Crippen LogP) is 2.73. The highest BCUT2D eigenvalue weighted by atomic mass is 79.9. The first-order valence-corrected chi connectivity index (χ1v) is 6.37. The first-order chi connectivity index (χ1) is 6.89. The molecule has 1 aromatic rings. The van der Waals surface area contributed by atoms with Crippen LogP contribution in [-0.2, 0) is 11.0 Å². The van der Waals surface area contributed by atoms with Crippen LogP contribution in [0.2, 0.25) is 0 Å². The number of halogens is 1. The molecule has 0 spiro atoms. The van der Waals surface area contributed by atoms with Crippen molar-refractivity contribution >= 4 is 33.1 Å². The van der Waals surface area contributed by atoms with Crippen molar-refractivity contribution < 1.29 is 4.21 Å². The highest BCUT2D eigenvalue weighted by Gasteiger charge is 2.17. The molecule has 15 heavy (non-hydrogen) atoms. The van der Waals surface area contributed by atoms with E-state index in [0.29, 0.717) is 0 Å².